The van der Waals surface area contributed by atoms with Crippen molar-refractivity contribution in [2.24, 2.45) is 0 Å². The lowest BCUT2D eigenvalue weighted by molar-refractivity contribution is -0.136. The molecule has 0 bridgehead atoms. The van der Waals surface area contributed by atoms with Gasteiger partial charge in [0, 0.05) is 13.7 Å². The van der Waals surface area contributed by atoms with Crippen LogP contribution in [0.1, 0.15) is 16.7 Å². The molecule has 0 heterocycles. The third kappa shape index (κ3) is 6.76. The quantitative estimate of drug-likeness (QED) is 0.225. The van der Waals surface area contributed by atoms with Gasteiger partial charge in [0.2, 0.25) is 0 Å². The van der Waals surface area contributed by atoms with Gasteiger partial charge in [-0.1, -0.05) is 30.3 Å². The summed E-state index contributed by atoms with van der Waals surface area (Å²) in [5.74, 6) is -0.00191. The fourth-order valence-corrected chi connectivity index (χ4v) is 2.63. The minimum atomic E-state index is -0.531. The summed E-state index contributed by atoms with van der Waals surface area (Å²) >= 11 is 0. The highest BCUT2D eigenvalue weighted by molar-refractivity contribution is 6.01. The first-order valence-electron chi connectivity index (χ1n) is 9.33. The highest BCUT2D eigenvalue weighted by Crippen LogP contribution is 2.22. The Morgan fingerprint density at radius 2 is 1.77 bits per heavy atom. The standard InChI is InChI=1S/C23H24N2O5/c1-16-5-4-6-17(2)22(16)29-15-21(26)30-20-9-7-18(8-10-20)13-19(14-24)23(27)25-11-12-28-3/h4-10,13H,11-12,15H2,1-3H3,(H,25,27)/b19-13+. The molecule has 7 nitrogen and oxygen atoms in total. The molecule has 0 fully saturated rings. The topological polar surface area (TPSA) is 97.6 Å². The monoisotopic (exact) mass is 408 g/mol. The number of nitriles is 1. The lowest BCUT2D eigenvalue weighted by atomic mass is 10.1. The summed E-state index contributed by atoms with van der Waals surface area (Å²) < 4.78 is 15.7. The molecular weight excluding hydrogens is 384 g/mol. The van der Waals surface area contributed by atoms with Crippen molar-refractivity contribution in [1.82, 2.24) is 5.32 Å². The smallest absolute Gasteiger partial charge is 0.349 e. The number of amides is 1. The first-order valence-corrected chi connectivity index (χ1v) is 9.33. The molecule has 2 rings (SSSR count). The Morgan fingerprint density at radius 3 is 2.37 bits per heavy atom. The number of carbonyl (C=O) groups is 2. The fraction of sp³-hybridized carbons (Fsp3) is 0.261. The van der Waals surface area contributed by atoms with Gasteiger partial charge in [-0.15, -0.1) is 0 Å². The van der Waals surface area contributed by atoms with Crippen LogP contribution >= 0.6 is 0 Å². The summed E-state index contributed by atoms with van der Waals surface area (Å²) in [7, 11) is 1.53. The van der Waals surface area contributed by atoms with Crippen LogP contribution in [0.25, 0.3) is 6.08 Å². The summed E-state index contributed by atoms with van der Waals surface area (Å²) in [4.78, 5) is 24.0. The predicted octanol–water partition coefficient (Wildman–Crippen LogP) is 2.96. The van der Waals surface area contributed by atoms with E-state index in [1.165, 1.54) is 13.2 Å². The van der Waals surface area contributed by atoms with Crippen LogP contribution in [0.15, 0.2) is 48.0 Å². The number of aryl methyl sites for hydroxylation is 2. The Bertz CT molecular complexity index is 938. The summed E-state index contributed by atoms with van der Waals surface area (Å²) in [5, 5.41) is 11.8. The average Bonchev–Trinajstić information content (AvgIpc) is 2.73. The number of methoxy groups -OCH3 is 1. The maximum absolute atomic E-state index is 12.1. The van der Waals surface area contributed by atoms with Crippen LogP contribution in [-0.4, -0.2) is 38.7 Å². The first-order chi connectivity index (χ1) is 14.4. The van der Waals surface area contributed by atoms with Crippen molar-refractivity contribution in [2.45, 2.75) is 13.8 Å². The van der Waals surface area contributed by atoms with Crippen LogP contribution in [0, 0.1) is 25.2 Å². The van der Waals surface area contributed by atoms with Gasteiger partial charge < -0.3 is 19.5 Å². The number of nitrogens with zero attached hydrogens (tertiary/aromatic N) is 1. The van der Waals surface area contributed by atoms with Gasteiger partial charge in [0.1, 0.15) is 23.1 Å². The number of hydrogen-bond acceptors (Lipinski definition) is 6. The van der Waals surface area contributed by atoms with Gasteiger partial charge in [0.15, 0.2) is 6.61 Å². The van der Waals surface area contributed by atoms with Gasteiger partial charge in [0.05, 0.1) is 6.61 Å². The number of para-hydroxylation sites is 1. The number of hydrogen-bond donors (Lipinski definition) is 1. The number of nitrogens with one attached hydrogen (secondary N) is 1. The Kier molecular flexibility index (Phi) is 8.60. The molecule has 0 saturated heterocycles. The lowest BCUT2D eigenvalue weighted by Crippen LogP contribution is -2.27. The van der Waals surface area contributed by atoms with Crippen LogP contribution in [0.5, 0.6) is 11.5 Å². The largest absolute Gasteiger partial charge is 0.481 e. The molecule has 7 heteroatoms. The van der Waals surface area contributed by atoms with Crippen molar-refractivity contribution < 1.29 is 23.8 Å². The molecule has 30 heavy (non-hydrogen) atoms. The molecule has 2 aromatic carbocycles. The molecule has 0 radical (unpaired) electrons. The maximum Gasteiger partial charge on any atom is 0.349 e. The second kappa shape index (κ2) is 11.4. The van der Waals surface area contributed by atoms with Crippen molar-refractivity contribution >= 4 is 18.0 Å². The zero-order chi connectivity index (χ0) is 21.9. The Hall–Kier alpha value is -3.63. The third-order valence-corrected chi connectivity index (χ3v) is 4.12. The Balaban J connectivity index is 1.94. The fourth-order valence-electron chi connectivity index (χ4n) is 2.63. The molecule has 0 aliphatic carbocycles. The Labute approximate surface area is 175 Å². The van der Waals surface area contributed by atoms with Gasteiger partial charge in [-0.3, -0.25) is 4.79 Å². The minimum absolute atomic E-state index is 0.0298. The van der Waals surface area contributed by atoms with E-state index in [1.807, 2.05) is 38.1 Å². The van der Waals surface area contributed by atoms with E-state index in [2.05, 4.69) is 5.32 Å². The highest BCUT2D eigenvalue weighted by atomic mass is 16.6. The zero-order valence-electron chi connectivity index (χ0n) is 17.2. The zero-order valence-corrected chi connectivity index (χ0v) is 17.2. The van der Waals surface area contributed by atoms with Crippen molar-refractivity contribution in [3.63, 3.8) is 0 Å². The summed E-state index contributed by atoms with van der Waals surface area (Å²) in [6.07, 6.45) is 1.46. The molecule has 0 saturated carbocycles. The van der Waals surface area contributed by atoms with Crippen molar-refractivity contribution in [1.29, 1.82) is 5.26 Å². The maximum atomic E-state index is 12.1. The molecule has 156 valence electrons. The van der Waals surface area contributed by atoms with Gasteiger partial charge >= 0.3 is 5.97 Å². The van der Waals surface area contributed by atoms with Crippen LogP contribution in [0.3, 0.4) is 0 Å². The molecule has 0 unspecified atom stereocenters. The lowest BCUT2D eigenvalue weighted by Gasteiger charge is -2.11. The molecule has 1 amide bonds. The van der Waals surface area contributed by atoms with E-state index in [0.717, 1.165) is 11.1 Å². The van der Waals surface area contributed by atoms with Crippen LogP contribution < -0.4 is 14.8 Å². The first kappa shape index (κ1) is 22.7. The Morgan fingerprint density at radius 1 is 1.10 bits per heavy atom. The number of benzene rings is 2. The summed E-state index contributed by atoms with van der Waals surface area (Å²) in [5.41, 5.74) is 2.48. The number of rotatable bonds is 9. The SMILES string of the molecule is COCCNC(=O)/C(C#N)=C/c1ccc(OC(=O)COc2c(C)cccc2C)cc1. The predicted molar refractivity (Wildman–Crippen MR) is 112 cm³/mol. The van der Waals surface area contributed by atoms with Gasteiger partial charge in [-0.2, -0.15) is 5.26 Å². The van der Waals surface area contributed by atoms with Crippen molar-refractivity contribution in [3.05, 3.63) is 64.7 Å². The van der Waals surface area contributed by atoms with E-state index in [9.17, 15) is 14.9 Å². The molecular formula is C23H24N2O5. The van der Waals surface area contributed by atoms with Crippen molar-refractivity contribution in [2.75, 3.05) is 26.9 Å². The third-order valence-electron chi connectivity index (χ3n) is 4.12. The summed E-state index contributed by atoms with van der Waals surface area (Å²) in [6, 6.07) is 14.1. The average molecular weight is 408 g/mol. The van der Waals surface area contributed by atoms with Gasteiger partial charge in [0.25, 0.3) is 5.91 Å². The van der Waals surface area contributed by atoms with Crippen LogP contribution in [0.2, 0.25) is 0 Å². The van der Waals surface area contributed by atoms with E-state index in [4.69, 9.17) is 14.2 Å². The van der Waals surface area contributed by atoms with E-state index in [0.29, 0.717) is 30.2 Å². The number of esters is 1. The number of ether oxygens (including phenoxy) is 3. The normalized spacial score (nSPS) is 10.8. The van der Waals surface area contributed by atoms with Crippen LogP contribution in [-0.2, 0) is 14.3 Å². The van der Waals surface area contributed by atoms with E-state index < -0.39 is 11.9 Å². The van der Waals surface area contributed by atoms with Crippen molar-refractivity contribution in [3.8, 4) is 17.6 Å². The van der Waals surface area contributed by atoms with Crippen LogP contribution in [0.4, 0.5) is 0 Å². The van der Waals surface area contributed by atoms with E-state index in [-0.39, 0.29) is 12.2 Å². The highest BCUT2D eigenvalue weighted by Gasteiger charge is 2.11. The van der Waals surface area contributed by atoms with E-state index >= 15 is 0 Å². The molecule has 0 atom stereocenters. The molecule has 0 spiro atoms. The molecule has 0 aliphatic heterocycles. The molecule has 0 aliphatic rings. The molecule has 0 aromatic heterocycles. The molecule has 2 aromatic rings. The van der Waals surface area contributed by atoms with Gasteiger partial charge in [-0.05, 0) is 48.7 Å². The minimum Gasteiger partial charge on any atom is -0.481 e. The second-order valence-corrected chi connectivity index (χ2v) is 6.47. The number of carbonyl (C=O) groups excluding carboxylic acids is 2. The van der Waals surface area contributed by atoms with E-state index in [1.54, 1.807) is 24.3 Å². The summed E-state index contributed by atoms with van der Waals surface area (Å²) in [6.45, 7) is 4.28. The van der Waals surface area contributed by atoms with Gasteiger partial charge in [-0.25, -0.2) is 4.79 Å². The molecule has 1 N–H and O–H groups in total. The second-order valence-electron chi connectivity index (χ2n) is 6.47.